The van der Waals surface area contributed by atoms with E-state index >= 15 is 0 Å². The van der Waals surface area contributed by atoms with Gasteiger partial charge < -0.3 is 14.2 Å². The van der Waals surface area contributed by atoms with Crippen LogP contribution in [-0.2, 0) is 11.3 Å². The Morgan fingerprint density at radius 2 is 2.11 bits per heavy atom. The van der Waals surface area contributed by atoms with E-state index < -0.39 is 0 Å². The number of nitrogens with zero attached hydrogens (tertiary/aromatic N) is 1. The molecule has 2 aromatic rings. The first-order chi connectivity index (χ1) is 13.7. The second-order valence-corrected chi connectivity index (χ2v) is 7.64. The first-order valence-corrected chi connectivity index (χ1v) is 9.81. The van der Waals surface area contributed by atoms with Crippen LogP contribution in [0.15, 0.2) is 42.2 Å². The van der Waals surface area contributed by atoms with Crippen molar-refractivity contribution >= 4 is 11.9 Å². The molecule has 3 heterocycles. The predicted octanol–water partition coefficient (Wildman–Crippen LogP) is 3.94. The van der Waals surface area contributed by atoms with Crippen molar-refractivity contribution in [2.75, 3.05) is 19.9 Å². The summed E-state index contributed by atoms with van der Waals surface area (Å²) in [4.78, 5) is 15.2. The Bertz CT molecular complexity index is 945. The molecule has 1 saturated heterocycles. The molecular formula is C23H23NO4. The Morgan fingerprint density at radius 3 is 2.89 bits per heavy atom. The molecule has 0 aromatic heterocycles. The summed E-state index contributed by atoms with van der Waals surface area (Å²) in [6, 6.07) is 11.7. The van der Waals surface area contributed by atoms with Crippen LogP contribution in [0.4, 0.5) is 0 Å². The molecule has 3 aliphatic rings. The van der Waals surface area contributed by atoms with Crippen LogP contribution in [0.25, 0.3) is 6.08 Å². The summed E-state index contributed by atoms with van der Waals surface area (Å²) in [5.41, 5.74) is 3.45. The van der Waals surface area contributed by atoms with Gasteiger partial charge in [-0.1, -0.05) is 30.3 Å². The van der Waals surface area contributed by atoms with Crippen LogP contribution in [0.5, 0.6) is 11.5 Å². The van der Waals surface area contributed by atoms with Gasteiger partial charge in [-0.15, -0.1) is 0 Å². The third-order valence-corrected chi connectivity index (χ3v) is 5.57. The predicted molar refractivity (Wildman–Crippen MR) is 105 cm³/mol. The highest BCUT2D eigenvalue weighted by Gasteiger charge is 2.36. The maximum absolute atomic E-state index is 13.0. The number of carbonyl (C=O) groups excluding carboxylic acids is 1. The normalized spacial score (nSPS) is 22.7. The largest absolute Gasteiger partial charge is 0.478 e. The van der Waals surface area contributed by atoms with Gasteiger partial charge in [0.15, 0.2) is 5.76 Å². The zero-order valence-electron chi connectivity index (χ0n) is 15.9. The van der Waals surface area contributed by atoms with Gasteiger partial charge in [0.05, 0.1) is 17.2 Å². The van der Waals surface area contributed by atoms with Crippen LogP contribution in [0.3, 0.4) is 0 Å². The fraction of sp³-hybridized carbons (Fsp3) is 0.348. The highest BCUT2D eigenvalue weighted by Crippen LogP contribution is 2.44. The third kappa shape index (κ3) is 3.11. The summed E-state index contributed by atoms with van der Waals surface area (Å²) >= 11 is 0. The minimum absolute atomic E-state index is 0.0598. The Kier molecular flexibility index (Phi) is 4.41. The van der Waals surface area contributed by atoms with Gasteiger partial charge in [0.1, 0.15) is 18.2 Å². The Balaban J connectivity index is 1.46. The Hall–Kier alpha value is -2.63. The van der Waals surface area contributed by atoms with E-state index in [2.05, 4.69) is 4.90 Å². The van der Waals surface area contributed by atoms with E-state index in [1.807, 2.05) is 49.4 Å². The molecule has 0 saturated carbocycles. The smallest absolute Gasteiger partial charge is 0.232 e. The van der Waals surface area contributed by atoms with E-state index in [1.165, 1.54) is 0 Å². The monoisotopic (exact) mass is 377 g/mol. The van der Waals surface area contributed by atoms with Crippen LogP contribution in [0.2, 0.25) is 0 Å². The van der Waals surface area contributed by atoms with Crippen molar-refractivity contribution in [3.63, 3.8) is 0 Å². The van der Waals surface area contributed by atoms with E-state index in [1.54, 1.807) is 0 Å². The molecule has 0 amide bonds. The van der Waals surface area contributed by atoms with Gasteiger partial charge in [0.2, 0.25) is 5.78 Å². The van der Waals surface area contributed by atoms with Crippen molar-refractivity contribution in [2.45, 2.75) is 32.4 Å². The van der Waals surface area contributed by atoms with Crippen molar-refractivity contribution in [1.29, 1.82) is 0 Å². The van der Waals surface area contributed by atoms with Crippen LogP contribution in [0, 0.1) is 6.92 Å². The van der Waals surface area contributed by atoms with Crippen molar-refractivity contribution in [2.24, 2.45) is 0 Å². The van der Waals surface area contributed by atoms with Crippen molar-refractivity contribution in [1.82, 2.24) is 4.90 Å². The SMILES string of the molecule is Cc1cc2c(c3c1C(=O)/C(=C/c1ccccc1)O3)CN(CC1CCCO1)CO2. The molecular weight excluding hydrogens is 354 g/mol. The molecule has 0 spiro atoms. The molecule has 0 bridgehead atoms. The number of ketones is 1. The zero-order chi connectivity index (χ0) is 19.1. The molecule has 0 aliphatic carbocycles. The highest BCUT2D eigenvalue weighted by molar-refractivity contribution is 6.15. The van der Waals surface area contributed by atoms with E-state index in [-0.39, 0.29) is 11.9 Å². The maximum Gasteiger partial charge on any atom is 0.232 e. The van der Waals surface area contributed by atoms with Crippen LogP contribution in [0.1, 0.15) is 39.9 Å². The van der Waals surface area contributed by atoms with Crippen LogP contribution < -0.4 is 9.47 Å². The minimum Gasteiger partial charge on any atom is -0.478 e. The summed E-state index contributed by atoms with van der Waals surface area (Å²) in [7, 11) is 0. The molecule has 0 radical (unpaired) electrons. The van der Waals surface area contributed by atoms with E-state index in [0.29, 0.717) is 30.3 Å². The third-order valence-electron chi connectivity index (χ3n) is 5.57. The fourth-order valence-electron chi connectivity index (χ4n) is 4.17. The topological polar surface area (TPSA) is 48.0 Å². The minimum atomic E-state index is -0.0598. The van der Waals surface area contributed by atoms with E-state index in [9.17, 15) is 4.79 Å². The van der Waals surface area contributed by atoms with Gasteiger partial charge in [0.25, 0.3) is 0 Å². The van der Waals surface area contributed by atoms with Gasteiger partial charge in [-0.25, -0.2) is 0 Å². The summed E-state index contributed by atoms with van der Waals surface area (Å²) in [6.45, 7) is 4.85. The molecule has 5 heteroatoms. The number of benzene rings is 2. The Morgan fingerprint density at radius 1 is 1.25 bits per heavy atom. The summed E-state index contributed by atoms with van der Waals surface area (Å²) in [5.74, 6) is 1.78. The number of carbonyl (C=O) groups is 1. The molecule has 1 unspecified atom stereocenters. The maximum atomic E-state index is 13.0. The number of hydrogen-bond acceptors (Lipinski definition) is 5. The molecule has 28 heavy (non-hydrogen) atoms. The molecule has 2 aromatic carbocycles. The lowest BCUT2D eigenvalue weighted by molar-refractivity contribution is 0.0273. The quantitative estimate of drug-likeness (QED) is 0.758. The number of ether oxygens (including phenoxy) is 3. The van der Waals surface area contributed by atoms with Gasteiger partial charge in [-0.05, 0) is 43.0 Å². The number of fused-ring (bicyclic) bond motifs is 3. The number of Topliss-reactive ketones (excluding diaryl/α,β-unsaturated/α-hetero) is 1. The molecule has 1 atom stereocenters. The average molecular weight is 377 g/mol. The van der Waals surface area contributed by atoms with Gasteiger partial charge in [-0.3, -0.25) is 9.69 Å². The lowest BCUT2D eigenvalue weighted by atomic mass is 9.98. The average Bonchev–Trinajstić information content (AvgIpc) is 3.32. The number of rotatable bonds is 3. The van der Waals surface area contributed by atoms with Crippen molar-refractivity contribution in [3.8, 4) is 11.5 Å². The lowest BCUT2D eigenvalue weighted by Gasteiger charge is -2.31. The second-order valence-electron chi connectivity index (χ2n) is 7.64. The van der Waals surface area contributed by atoms with E-state index in [4.69, 9.17) is 14.2 Å². The zero-order valence-corrected chi connectivity index (χ0v) is 15.9. The highest BCUT2D eigenvalue weighted by atomic mass is 16.5. The molecule has 3 aliphatic heterocycles. The molecule has 5 rings (SSSR count). The first kappa shape index (κ1) is 17.5. The lowest BCUT2D eigenvalue weighted by Crippen LogP contribution is -2.37. The van der Waals surface area contributed by atoms with Gasteiger partial charge in [-0.2, -0.15) is 0 Å². The molecule has 0 N–H and O–H groups in total. The molecule has 5 nitrogen and oxygen atoms in total. The van der Waals surface area contributed by atoms with Crippen molar-refractivity contribution < 1.29 is 19.0 Å². The van der Waals surface area contributed by atoms with Crippen LogP contribution >= 0.6 is 0 Å². The second kappa shape index (κ2) is 7.08. The Labute approximate surface area is 164 Å². The standard InChI is InChI=1S/C23H23NO4/c1-15-10-19-18(13-24(14-27-19)12-17-8-5-9-26-17)23-21(15)22(25)20(28-23)11-16-6-3-2-4-7-16/h2-4,6-7,10-11,17H,5,8-9,12-14H2,1H3/b20-11-. The fourth-order valence-corrected chi connectivity index (χ4v) is 4.17. The van der Waals surface area contributed by atoms with Gasteiger partial charge >= 0.3 is 0 Å². The number of hydrogen-bond donors (Lipinski definition) is 0. The number of allylic oxidation sites excluding steroid dienone is 1. The summed E-state index contributed by atoms with van der Waals surface area (Å²) in [5, 5.41) is 0. The summed E-state index contributed by atoms with van der Waals surface area (Å²) in [6.07, 6.45) is 4.28. The number of aryl methyl sites for hydroxylation is 1. The molecule has 144 valence electrons. The van der Waals surface area contributed by atoms with Crippen LogP contribution in [-0.4, -0.2) is 36.7 Å². The van der Waals surface area contributed by atoms with Gasteiger partial charge in [0, 0.05) is 19.7 Å². The first-order valence-electron chi connectivity index (χ1n) is 9.81. The van der Waals surface area contributed by atoms with Crippen molar-refractivity contribution in [3.05, 3.63) is 64.4 Å². The molecule has 1 fully saturated rings. The van der Waals surface area contributed by atoms with E-state index in [0.717, 1.165) is 48.4 Å². The summed E-state index contributed by atoms with van der Waals surface area (Å²) < 4.78 is 17.9.